The largest absolute Gasteiger partial charge is 0.327 e. The molecule has 24 heavy (non-hydrogen) atoms. The lowest BCUT2D eigenvalue weighted by atomic mass is 10.1. The van der Waals surface area contributed by atoms with Gasteiger partial charge in [0.05, 0.1) is 11.4 Å². The highest BCUT2D eigenvalue weighted by atomic mass is 15.1. The van der Waals surface area contributed by atoms with Crippen LogP contribution in [0.15, 0.2) is 95.2 Å². The Bertz CT molecular complexity index is 716. The number of azo groups is 1. The van der Waals surface area contributed by atoms with Crippen molar-refractivity contribution in [1.29, 1.82) is 0 Å². The van der Waals surface area contributed by atoms with Crippen LogP contribution in [0.3, 0.4) is 0 Å². The number of rotatable bonds is 2. The van der Waals surface area contributed by atoms with Crippen molar-refractivity contribution in [3.05, 3.63) is 96.1 Å². The van der Waals surface area contributed by atoms with Crippen LogP contribution in [0.1, 0.15) is 11.1 Å². The van der Waals surface area contributed by atoms with Crippen molar-refractivity contribution in [3.63, 3.8) is 0 Å². The SMILES string of the molecule is NC1Cc2ccccc2C1.c1ccc(N=Nc2ccccc2)cc1. The van der Waals surface area contributed by atoms with Crippen LogP contribution >= 0.6 is 0 Å². The van der Waals surface area contributed by atoms with Gasteiger partial charge in [0.15, 0.2) is 0 Å². The van der Waals surface area contributed by atoms with Crippen LogP contribution in [-0.2, 0) is 12.8 Å². The summed E-state index contributed by atoms with van der Waals surface area (Å²) in [4.78, 5) is 0. The van der Waals surface area contributed by atoms with Gasteiger partial charge in [0.25, 0.3) is 0 Å². The first-order chi connectivity index (χ1) is 11.8. The molecule has 0 atom stereocenters. The lowest BCUT2D eigenvalue weighted by Crippen LogP contribution is -2.18. The van der Waals surface area contributed by atoms with E-state index in [9.17, 15) is 0 Å². The molecule has 0 unspecified atom stereocenters. The van der Waals surface area contributed by atoms with E-state index in [4.69, 9.17) is 5.73 Å². The minimum Gasteiger partial charge on any atom is -0.327 e. The second-order valence-electron chi connectivity index (χ2n) is 5.81. The summed E-state index contributed by atoms with van der Waals surface area (Å²) in [6, 6.07) is 28.3. The van der Waals surface area contributed by atoms with Crippen LogP contribution in [0.5, 0.6) is 0 Å². The fourth-order valence-electron chi connectivity index (χ4n) is 2.70. The molecule has 3 aromatic carbocycles. The third kappa shape index (κ3) is 4.61. The average molecular weight is 315 g/mol. The number of hydrogen-bond donors (Lipinski definition) is 1. The molecule has 1 aliphatic carbocycles. The second-order valence-corrected chi connectivity index (χ2v) is 5.81. The van der Waals surface area contributed by atoms with Gasteiger partial charge >= 0.3 is 0 Å². The normalized spacial score (nSPS) is 13.4. The fourth-order valence-corrected chi connectivity index (χ4v) is 2.70. The maximum Gasteiger partial charge on any atom is 0.0857 e. The Hall–Kier alpha value is -2.78. The highest BCUT2D eigenvalue weighted by molar-refractivity contribution is 5.39. The Morgan fingerprint density at radius 2 is 0.958 bits per heavy atom. The van der Waals surface area contributed by atoms with Gasteiger partial charge in [-0.2, -0.15) is 10.2 Å². The quantitative estimate of drug-likeness (QED) is 0.648. The van der Waals surface area contributed by atoms with Crippen LogP contribution < -0.4 is 5.73 Å². The lowest BCUT2D eigenvalue weighted by Gasteiger charge is -1.94. The Morgan fingerprint density at radius 3 is 1.38 bits per heavy atom. The predicted octanol–water partition coefficient (Wildman–Crippen LogP) is 5.21. The van der Waals surface area contributed by atoms with E-state index >= 15 is 0 Å². The van der Waals surface area contributed by atoms with Crippen molar-refractivity contribution < 1.29 is 0 Å². The first-order valence-electron chi connectivity index (χ1n) is 8.15. The summed E-state index contributed by atoms with van der Waals surface area (Å²) in [5, 5.41) is 8.20. The molecule has 2 N–H and O–H groups in total. The molecule has 0 saturated carbocycles. The first kappa shape index (κ1) is 16.1. The van der Waals surface area contributed by atoms with Gasteiger partial charge in [0.1, 0.15) is 0 Å². The monoisotopic (exact) mass is 315 g/mol. The zero-order valence-corrected chi connectivity index (χ0v) is 13.5. The minimum atomic E-state index is 0.373. The number of nitrogens with zero attached hydrogens (tertiary/aromatic N) is 2. The van der Waals surface area contributed by atoms with Gasteiger partial charge in [-0.1, -0.05) is 60.7 Å². The van der Waals surface area contributed by atoms with Crippen LogP contribution in [0.4, 0.5) is 11.4 Å². The van der Waals surface area contributed by atoms with E-state index in [-0.39, 0.29) is 0 Å². The predicted molar refractivity (Wildman–Crippen MR) is 98.9 cm³/mol. The van der Waals surface area contributed by atoms with Crippen molar-refractivity contribution in [3.8, 4) is 0 Å². The lowest BCUT2D eigenvalue weighted by molar-refractivity contribution is 0.721. The van der Waals surface area contributed by atoms with E-state index in [0.29, 0.717) is 6.04 Å². The minimum absolute atomic E-state index is 0.373. The molecule has 1 aliphatic rings. The zero-order chi connectivity index (χ0) is 16.6. The van der Waals surface area contributed by atoms with E-state index in [2.05, 4.69) is 34.5 Å². The molecule has 3 aromatic rings. The fraction of sp³-hybridized carbons (Fsp3) is 0.143. The van der Waals surface area contributed by atoms with Crippen molar-refractivity contribution in [1.82, 2.24) is 0 Å². The molecule has 0 fully saturated rings. The summed E-state index contributed by atoms with van der Waals surface area (Å²) >= 11 is 0. The molecule has 0 bridgehead atoms. The summed E-state index contributed by atoms with van der Waals surface area (Å²) in [5.41, 5.74) is 10.4. The molecule has 0 heterocycles. The van der Waals surface area contributed by atoms with Crippen LogP contribution in [-0.4, -0.2) is 6.04 Å². The Kier molecular flexibility index (Phi) is 5.48. The molecule has 0 aliphatic heterocycles. The van der Waals surface area contributed by atoms with Crippen LogP contribution in [0.2, 0.25) is 0 Å². The molecular formula is C21H21N3. The van der Waals surface area contributed by atoms with Crippen LogP contribution in [0, 0.1) is 0 Å². The maximum absolute atomic E-state index is 5.78. The van der Waals surface area contributed by atoms with E-state index in [0.717, 1.165) is 24.2 Å². The van der Waals surface area contributed by atoms with Gasteiger partial charge in [-0.05, 0) is 48.2 Å². The highest BCUT2D eigenvalue weighted by Gasteiger charge is 2.16. The van der Waals surface area contributed by atoms with E-state index in [1.54, 1.807) is 0 Å². The van der Waals surface area contributed by atoms with Gasteiger partial charge in [-0.25, -0.2) is 0 Å². The highest BCUT2D eigenvalue weighted by Crippen LogP contribution is 2.19. The standard InChI is InChI=1S/C12H10N2.C9H11N/c1-3-7-11(8-4-1)13-14-12-9-5-2-6-10-12;10-9-5-7-3-1-2-4-8(7)6-9/h1-10H;1-4,9H,5-6,10H2. The van der Waals surface area contributed by atoms with Crippen molar-refractivity contribution in [2.24, 2.45) is 16.0 Å². The summed E-state index contributed by atoms with van der Waals surface area (Å²) < 4.78 is 0. The van der Waals surface area contributed by atoms with Gasteiger partial charge in [0, 0.05) is 6.04 Å². The zero-order valence-electron chi connectivity index (χ0n) is 13.5. The topological polar surface area (TPSA) is 50.7 Å². The maximum atomic E-state index is 5.78. The van der Waals surface area contributed by atoms with Crippen LogP contribution in [0.25, 0.3) is 0 Å². The molecule has 3 heteroatoms. The summed E-state index contributed by atoms with van der Waals surface area (Å²) in [6.45, 7) is 0. The number of benzene rings is 3. The first-order valence-corrected chi connectivity index (χ1v) is 8.15. The molecule has 0 radical (unpaired) electrons. The molecule has 4 rings (SSSR count). The number of nitrogens with two attached hydrogens (primary N) is 1. The molecule has 0 spiro atoms. The van der Waals surface area contributed by atoms with E-state index in [1.807, 2.05) is 60.7 Å². The number of hydrogen-bond acceptors (Lipinski definition) is 3. The Balaban J connectivity index is 0.000000149. The second kappa shape index (κ2) is 8.18. The molecular weight excluding hydrogens is 294 g/mol. The third-order valence-corrected chi connectivity index (χ3v) is 3.88. The van der Waals surface area contributed by atoms with Gasteiger partial charge in [-0.15, -0.1) is 0 Å². The molecule has 0 aromatic heterocycles. The van der Waals surface area contributed by atoms with Gasteiger partial charge in [-0.3, -0.25) is 0 Å². The summed E-state index contributed by atoms with van der Waals surface area (Å²) in [6.07, 6.45) is 2.13. The van der Waals surface area contributed by atoms with E-state index < -0.39 is 0 Å². The smallest absolute Gasteiger partial charge is 0.0857 e. The summed E-state index contributed by atoms with van der Waals surface area (Å²) in [7, 11) is 0. The summed E-state index contributed by atoms with van der Waals surface area (Å²) in [5.74, 6) is 0. The molecule has 120 valence electrons. The molecule has 0 amide bonds. The third-order valence-electron chi connectivity index (χ3n) is 3.88. The number of fused-ring (bicyclic) bond motifs is 1. The molecule has 3 nitrogen and oxygen atoms in total. The average Bonchev–Trinajstić information content (AvgIpc) is 3.02. The van der Waals surface area contributed by atoms with Crippen molar-refractivity contribution >= 4 is 11.4 Å². The molecule has 0 saturated heterocycles. The van der Waals surface area contributed by atoms with Crippen molar-refractivity contribution in [2.45, 2.75) is 18.9 Å². The van der Waals surface area contributed by atoms with E-state index in [1.165, 1.54) is 11.1 Å². The Labute approximate surface area is 142 Å². The van der Waals surface area contributed by atoms with Gasteiger partial charge < -0.3 is 5.73 Å². The Morgan fingerprint density at radius 1 is 0.583 bits per heavy atom. The van der Waals surface area contributed by atoms with Gasteiger partial charge in [0.2, 0.25) is 0 Å². The van der Waals surface area contributed by atoms with Crippen molar-refractivity contribution in [2.75, 3.05) is 0 Å².